The van der Waals surface area contributed by atoms with Crippen molar-refractivity contribution < 1.29 is 8.42 Å². The molecule has 0 saturated carbocycles. The van der Waals surface area contributed by atoms with Gasteiger partial charge in [-0.3, -0.25) is 0 Å². The van der Waals surface area contributed by atoms with E-state index in [9.17, 15) is 8.42 Å². The van der Waals surface area contributed by atoms with Crippen molar-refractivity contribution in [1.29, 1.82) is 0 Å². The molecule has 7 heteroatoms. The number of hydrogen-bond acceptors (Lipinski definition) is 5. The van der Waals surface area contributed by atoms with Gasteiger partial charge in [-0.15, -0.1) is 11.3 Å². The number of sulfonamides is 1. The van der Waals surface area contributed by atoms with E-state index in [2.05, 4.69) is 9.71 Å². The first-order valence-electron chi connectivity index (χ1n) is 6.70. The minimum absolute atomic E-state index is 0.272. The van der Waals surface area contributed by atoms with Crippen LogP contribution in [0.25, 0.3) is 0 Å². The van der Waals surface area contributed by atoms with E-state index < -0.39 is 10.0 Å². The van der Waals surface area contributed by atoms with Gasteiger partial charge in [0.2, 0.25) is 10.0 Å². The molecule has 1 aromatic heterocycles. The summed E-state index contributed by atoms with van der Waals surface area (Å²) in [7, 11) is -3.49. The Morgan fingerprint density at radius 1 is 1.29 bits per heavy atom. The Kier molecular flexibility index (Phi) is 5.46. The topological polar surface area (TPSA) is 85.1 Å². The highest BCUT2D eigenvalue weighted by Crippen LogP contribution is 2.15. The zero-order valence-electron chi connectivity index (χ0n) is 11.9. The second-order valence-electron chi connectivity index (χ2n) is 4.72. The molecule has 2 rings (SSSR count). The molecule has 0 atom stereocenters. The molecule has 1 heterocycles. The van der Waals surface area contributed by atoms with Gasteiger partial charge in [-0.25, -0.2) is 18.1 Å². The molecule has 0 fully saturated rings. The number of nitrogens with two attached hydrogens (primary N) is 1. The van der Waals surface area contributed by atoms with Crippen LogP contribution in [0.5, 0.6) is 0 Å². The number of thiazole rings is 1. The summed E-state index contributed by atoms with van der Waals surface area (Å²) in [6.45, 7) is 2.77. The molecule has 0 saturated heterocycles. The van der Waals surface area contributed by atoms with E-state index in [1.165, 1.54) is 11.3 Å². The highest BCUT2D eigenvalue weighted by atomic mass is 32.2. The fourth-order valence-corrected chi connectivity index (χ4v) is 3.68. The van der Waals surface area contributed by atoms with Gasteiger partial charge in [0.15, 0.2) is 0 Å². The monoisotopic (exact) mass is 325 g/mol. The van der Waals surface area contributed by atoms with E-state index in [4.69, 9.17) is 5.73 Å². The number of aromatic nitrogens is 1. The van der Waals surface area contributed by atoms with E-state index in [0.29, 0.717) is 6.54 Å². The van der Waals surface area contributed by atoms with Crippen molar-refractivity contribution in [1.82, 2.24) is 9.71 Å². The van der Waals surface area contributed by atoms with Crippen LogP contribution in [0.2, 0.25) is 0 Å². The van der Waals surface area contributed by atoms with Crippen LogP contribution in [-0.4, -0.2) is 19.9 Å². The van der Waals surface area contributed by atoms with E-state index in [0.717, 1.165) is 29.0 Å². The Morgan fingerprint density at radius 2 is 2.00 bits per heavy atom. The molecule has 2 aromatic rings. The summed E-state index contributed by atoms with van der Waals surface area (Å²) in [5.41, 5.74) is 9.13. The van der Waals surface area contributed by atoms with Crippen molar-refractivity contribution in [3.63, 3.8) is 0 Å². The van der Waals surface area contributed by atoms with Crippen LogP contribution in [0.3, 0.4) is 0 Å². The maximum Gasteiger partial charge on any atom is 0.240 e. The Hall–Kier alpha value is -1.28. The molecule has 0 aliphatic carbocycles. The van der Waals surface area contributed by atoms with Crippen molar-refractivity contribution in [2.45, 2.75) is 31.2 Å². The quantitative estimate of drug-likeness (QED) is 0.813. The lowest BCUT2D eigenvalue weighted by atomic mass is 10.1. The third-order valence-corrected chi connectivity index (χ3v) is 5.52. The lowest BCUT2D eigenvalue weighted by molar-refractivity contribution is 0.581. The largest absolute Gasteiger partial charge is 0.330 e. The molecule has 0 aliphatic heterocycles. The summed E-state index contributed by atoms with van der Waals surface area (Å²) in [5, 5.41) is 0. The molecule has 0 spiro atoms. The molecule has 0 radical (unpaired) electrons. The van der Waals surface area contributed by atoms with Crippen LogP contribution in [0.15, 0.2) is 34.7 Å². The molecule has 0 aliphatic rings. The molecule has 114 valence electrons. The van der Waals surface area contributed by atoms with Gasteiger partial charge >= 0.3 is 0 Å². The van der Waals surface area contributed by atoms with Crippen molar-refractivity contribution in [2.24, 2.45) is 5.73 Å². The van der Waals surface area contributed by atoms with Gasteiger partial charge in [-0.1, -0.05) is 12.1 Å². The highest BCUT2D eigenvalue weighted by molar-refractivity contribution is 7.89. The van der Waals surface area contributed by atoms with E-state index >= 15 is 0 Å². The maximum absolute atomic E-state index is 12.2. The fraction of sp³-hybridized carbons (Fsp3) is 0.357. The highest BCUT2D eigenvalue weighted by Gasteiger charge is 2.14. The van der Waals surface area contributed by atoms with Crippen molar-refractivity contribution in [3.05, 3.63) is 45.9 Å². The molecule has 5 nitrogen and oxygen atoms in total. The molecule has 0 amide bonds. The smallest absolute Gasteiger partial charge is 0.240 e. The molecular weight excluding hydrogens is 306 g/mol. The first-order chi connectivity index (χ1) is 10.0. The Balaban J connectivity index is 2.03. The standard InChI is InChI=1S/C14H19N3O2S2/c1-11-14(20-10-16-11)9-17-21(18,19)13-6-4-12(5-7-13)3-2-8-15/h4-7,10,17H,2-3,8-9,15H2,1H3. The van der Waals surface area contributed by atoms with Gasteiger partial charge in [0.1, 0.15) is 0 Å². The zero-order chi connectivity index (χ0) is 15.3. The minimum Gasteiger partial charge on any atom is -0.330 e. The Morgan fingerprint density at radius 3 is 2.57 bits per heavy atom. The summed E-state index contributed by atoms with van der Waals surface area (Å²) in [5.74, 6) is 0. The summed E-state index contributed by atoms with van der Waals surface area (Å²) >= 11 is 1.45. The SMILES string of the molecule is Cc1ncsc1CNS(=O)(=O)c1ccc(CCCN)cc1. The van der Waals surface area contributed by atoms with Crippen molar-refractivity contribution in [3.8, 4) is 0 Å². The lowest BCUT2D eigenvalue weighted by Crippen LogP contribution is -2.23. The molecule has 3 N–H and O–H groups in total. The number of nitrogens with zero attached hydrogens (tertiary/aromatic N) is 1. The summed E-state index contributed by atoms with van der Waals surface area (Å²) in [6, 6.07) is 6.94. The minimum atomic E-state index is -3.49. The van der Waals surface area contributed by atoms with E-state index in [1.54, 1.807) is 17.6 Å². The van der Waals surface area contributed by atoms with E-state index in [-0.39, 0.29) is 11.4 Å². The number of hydrogen-bond donors (Lipinski definition) is 2. The van der Waals surface area contributed by atoms with Crippen LogP contribution in [0.4, 0.5) is 0 Å². The lowest BCUT2D eigenvalue weighted by Gasteiger charge is -2.07. The fourth-order valence-electron chi connectivity index (χ4n) is 1.88. The third-order valence-electron chi connectivity index (χ3n) is 3.17. The van der Waals surface area contributed by atoms with Gasteiger partial charge in [0.05, 0.1) is 16.1 Å². The average molecular weight is 325 g/mol. The predicted octanol–water partition coefficient (Wildman–Crippen LogP) is 1.82. The molecular formula is C14H19N3O2S2. The second kappa shape index (κ2) is 7.13. The van der Waals surface area contributed by atoms with Gasteiger partial charge < -0.3 is 5.73 Å². The molecule has 1 aromatic carbocycles. The summed E-state index contributed by atoms with van der Waals surface area (Å²) < 4.78 is 27.0. The molecule has 0 bridgehead atoms. The van der Waals surface area contributed by atoms with Gasteiger partial charge in [0, 0.05) is 11.4 Å². The zero-order valence-corrected chi connectivity index (χ0v) is 13.5. The van der Waals surface area contributed by atoms with Gasteiger partial charge in [-0.2, -0.15) is 0 Å². The first-order valence-corrected chi connectivity index (χ1v) is 9.07. The molecule has 0 unspecified atom stereocenters. The van der Waals surface area contributed by atoms with Crippen molar-refractivity contribution >= 4 is 21.4 Å². The summed E-state index contributed by atoms with van der Waals surface area (Å²) in [4.78, 5) is 5.31. The normalized spacial score (nSPS) is 11.7. The number of nitrogens with one attached hydrogen (secondary N) is 1. The second-order valence-corrected chi connectivity index (χ2v) is 7.43. The third kappa shape index (κ3) is 4.34. The van der Waals surface area contributed by atoms with Crippen LogP contribution in [-0.2, 0) is 23.0 Å². The number of aryl methyl sites for hydroxylation is 2. The Labute approximate surface area is 129 Å². The first kappa shape index (κ1) is 16.1. The van der Waals surface area contributed by atoms with Gasteiger partial charge in [0.25, 0.3) is 0 Å². The number of rotatable bonds is 7. The van der Waals surface area contributed by atoms with Crippen molar-refractivity contribution in [2.75, 3.05) is 6.54 Å². The predicted molar refractivity (Wildman–Crippen MR) is 84.7 cm³/mol. The Bertz CT molecular complexity index is 678. The van der Waals surface area contributed by atoms with Crippen LogP contribution < -0.4 is 10.5 Å². The van der Waals surface area contributed by atoms with Gasteiger partial charge in [-0.05, 0) is 44.0 Å². The maximum atomic E-state index is 12.2. The summed E-state index contributed by atoms with van der Waals surface area (Å²) in [6.07, 6.45) is 1.76. The van der Waals surface area contributed by atoms with E-state index in [1.807, 2.05) is 19.1 Å². The average Bonchev–Trinajstić information content (AvgIpc) is 2.89. The van der Waals surface area contributed by atoms with Crippen LogP contribution in [0.1, 0.15) is 22.6 Å². The van der Waals surface area contributed by atoms with Crippen LogP contribution in [0, 0.1) is 6.92 Å². The van der Waals surface area contributed by atoms with Crippen LogP contribution >= 0.6 is 11.3 Å². The number of benzene rings is 1. The molecule has 21 heavy (non-hydrogen) atoms.